The van der Waals surface area contributed by atoms with Crippen LogP contribution in [-0.2, 0) is 6.18 Å². The molecule has 1 atom stereocenters. The smallest absolute Gasteiger partial charge is 0.443 e. The second-order valence-electron chi connectivity index (χ2n) is 4.38. The molecule has 0 saturated heterocycles. The largest absolute Gasteiger partial charge is 0.469 e. The molecule has 110 valence electrons. The van der Waals surface area contributed by atoms with Crippen LogP contribution >= 0.6 is 11.3 Å². The van der Waals surface area contributed by atoms with Gasteiger partial charge in [-0.3, -0.25) is 0 Å². The minimum Gasteiger partial charge on any atom is -0.469 e. The van der Waals surface area contributed by atoms with Gasteiger partial charge >= 0.3 is 6.18 Å². The predicted molar refractivity (Wildman–Crippen MR) is 70.7 cm³/mol. The highest BCUT2D eigenvalue weighted by molar-refractivity contribution is 7.11. The fourth-order valence-electron chi connectivity index (χ4n) is 1.90. The first-order valence-electron chi connectivity index (χ1n) is 6.23. The maximum Gasteiger partial charge on any atom is 0.443 e. The van der Waals surface area contributed by atoms with Gasteiger partial charge in [-0.1, -0.05) is 6.92 Å². The molecule has 2 aromatic heterocycles. The van der Waals surface area contributed by atoms with Crippen LogP contribution < -0.4 is 5.32 Å². The summed E-state index contributed by atoms with van der Waals surface area (Å²) in [4.78, 5) is 4.02. The van der Waals surface area contributed by atoms with Crippen molar-refractivity contribution in [2.24, 2.45) is 0 Å². The highest BCUT2D eigenvalue weighted by Crippen LogP contribution is 2.36. The molecule has 0 fully saturated rings. The number of aryl methyl sites for hydroxylation is 1. The molecule has 2 aromatic rings. The van der Waals surface area contributed by atoms with Gasteiger partial charge in [0, 0.05) is 16.6 Å². The van der Waals surface area contributed by atoms with Crippen LogP contribution in [0.15, 0.2) is 22.9 Å². The lowest BCUT2D eigenvalue weighted by Crippen LogP contribution is -2.22. The van der Waals surface area contributed by atoms with E-state index in [-0.39, 0.29) is 6.04 Å². The summed E-state index contributed by atoms with van der Waals surface area (Å²) in [5.74, 6) is 0.695. The van der Waals surface area contributed by atoms with Crippen molar-refractivity contribution in [1.82, 2.24) is 10.3 Å². The summed E-state index contributed by atoms with van der Waals surface area (Å²) in [6.45, 7) is 4.50. The van der Waals surface area contributed by atoms with Gasteiger partial charge in [0.15, 0.2) is 5.01 Å². The monoisotopic (exact) mass is 304 g/mol. The van der Waals surface area contributed by atoms with E-state index in [0.29, 0.717) is 28.5 Å². The van der Waals surface area contributed by atoms with Crippen molar-refractivity contribution < 1.29 is 17.6 Å². The lowest BCUT2D eigenvalue weighted by Gasteiger charge is -2.16. The second kappa shape index (κ2) is 5.97. The first-order valence-corrected chi connectivity index (χ1v) is 7.05. The molecule has 2 heterocycles. The van der Waals surface area contributed by atoms with Gasteiger partial charge in [0.1, 0.15) is 5.76 Å². The Kier molecular flexibility index (Phi) is 4.49. The van der Waals surface area contributed by atoms with E-state index in [1.54, 1.807) is 13.0 Å². The summed E-state index contributed by atoms with van der Waals surface area (Å²) >= 11 is 0.665. The van der Waals surface area contributed by atoms with Crippen LogP contribution in [0.2, 0.25) is 0 Å². The number of alkyl halides is 3. The van der Waals surface area contributed by atoms with E-state index in [4.69, 9.17) is 4.42 Å². The van der Waals surface area contributed by atoms with Crippen LogP contribution in [0.25, 0.3) is 0 Å². The zero-order valence-electron chi connectivity index (χ0n) is 11.1. The maximum absolute atomic E-state index is 12.6. The van der Waals surface area contributed by atoms with Gasteiger partial charge in [0.25, 0.3) is 0 Å². The summed E-state index contributed by atoms with van der Waals surface area (Å²) in [6, 6.07) is 1.46. The number of furan rings is 1. The van der Waals surface area contributed by atoms with Gasteiger partial charge in [-0.15, -0.1) is 11.3 Å². The van der Waals surface area contributed by atoms with E-state index >= 15 is 0 Å². The van der Waals surface area contributed by atoms with Crippen LogP contribution in [0.1, 0.15) is 40.6 Å². The Morgan fingerprint density at radius 3 is 2.70 bits per heavy atom. The Bertz CT molecular complexity index is 562. The number of aromatic nitrogens is 1. The average Bonchev–Trinajstić information content (AvgIpc) is 2.99. The summed E-state index contributed by atoms with van der Waals surface area (Å²) in [5.41, 5.74) is 0.843. The normalized spacial score (nSPS) is 13.7. The van der Waals surface area contributed by atoms with Crippen molar-refractivity contribution in [2.45, 2.75) is 32.5 Å². The van der Waals surface area contributed by atoms with Gasteiger partial charge < -0.3 is 9.73 Å². The molecule has 1 N–H and O–H groups in total. The molecule has 2 rings (SSSR count). The average molecular weight is 304 g/mol. The minimum atomic E-state index is -4.40. The van der Waals surface area contributed by atoms with E-state index in [1.807, 2.05) is 6.92 Å². The topological polar surface area (TPSA) is 38.1 Å². The Morgan fingerprint density at radius 2 is 2.20 bits per heavy atom. The van der Waals surface area contributed by atoms with E-state index in [9.17, 15) is 13.2 Å². The number of nitrogens with one attached hydrogen (secondary N) is 1. The molecule has 0 saturated carbocycles. The summed E-state index contributed by atoms with van der Waals surface area (Å²) < 4.78 is 43.2. The Balaban J connectivity index is 2.32. The SMILES string of the molecule is CCCNC(c1cnc(C(F)(F)F)s1)c1ccoc1C. The van der Waals surface area contributed by atoms with Gasteiger partial charge in [-0.05, 0) is 26.0 Å². The third-order valence-electron chi connectivity index (χ3n) is 2.86. The summed E-state index contributed by atoms with van der Waals surface area (Å²) in [5, 5.41) is 2.41. The molecule has 0 spiro atoms. The first-order chi connectivity index (χ1) is 9.43. The van der Waals surface area contributed by atoms with Crippen LogP contribution in [0, 0.1) is 6.92 Å². The van der Waals surface area contributed by atoms with Crippen molar-refractivity contribution in [2.75, 3.05) is 6.54 Å². The lowest BCUT2D eigenvalue weighted by atomic mass is 10.1. The fourth-order valence-corrected chi connectivity index (χ4v) is 2.78. The minimum absolute atomic E-state index is 0.317. The number of hydrogen-bond acceptors (Lipinski definition) is 4. The Morgan fingerprint density at radius 1 is 1.45 bits per heavy atom. The molecular formula is C13H15F3N2OS. The summed E-state index contributed by atoms with van der Waals surface area (Å²) in [7, 11) is 0. The van der Waals surface area contributed by atoms with Crippen molar-refractivity contribution >= 4 is 11.3 Å². The molecule has 0 radical (unpaired) electrons. The highest BCUT2D eigenvalue weighted by Gasteiger charge is 2.35. The molecule has 0 amide bonds. The molecular weight excluding hydrogens is 289 g/mol. The van der Waals surface area contributed by atoms with E-state index in [1.165, 1.54) is 12.5 Å². The molecule has 0 aromatic carbocycles. The fraction of sp³-hybridized carbons (Fsp3) is 0.462. The zero-order chi connectivity index (χ0) is 14.8. The third kappa shape index (κ3) is 3.21. The molecule has 20 heavy (non-hydrogen) atoms. The molecule has 0 aliphatic heterocycles. The van der Waals surface area contributed by atoms with Crippen molar-refractivity contribution in [3.05, 3.63) is 39.7 Å². The maximum atomic E-state index is 12.6. The van der Waals surface area contributed by atoms with Gasteiger partial charge in [-0.25, -0.2) is 4.98 Å². The Hall–Kier alpha value is -1.34. The molecule has 7 heteroatoms. The molecule has 3 nitrogen and oxygen atoms in total. The quantitative estimate of drug-likeness (QED) is 0.901. The zero-order valence-corrected chi connectivity index (χ0v) is 11.9. The summed E-state index contributed by atoms with van der Waals surface area (Å²) in [6.07, 6.45) is -0.688. The number of halogens is 3. The number of thiazole rings is 1. The highest BCUT2D eigenvalue weighted by atomic mass is 32.1. The van der Waals surface area contributed by atoms with Crippen LogP contribution in [0.5, 0.6) is 0 Å². The molecule has 0 aliphatic carbocycles. The first kappa shape index (κ1) is 15.1. The third-order valence-corrected chi connectivity index (χ3v) is 3.97. The number of nitrogens with zero attached hydrogens (tertiary/aromatic N) is 1. The standard InChI is InChI=1S/C13H15F3N2OS/c1-3-5-17-11(9-4-6-19-8(9)2)10-7-18-12(20-10)13(14,15)16/h4,6-7,11,17H,3,5H2,1-2H3. The van der Waals surface area contributed by atoms with Crippen molar-refractivity contribution in [3.8, 4) is 0 Å². The Labute approximate surface area is 118 Å². The van der Waals surface area contributed by atoms with Crippen molar-refractivity contribution in [3.63, 3.8) is 0 Å². The van der Waals surface area contributed by atoms with Crippen LogP contribution in [0.3, 0.4) is 0 Å². The second-order valence-corrected chi connectivity index (χ2v) is 5.45. The molecule has 1 unspecified atom stereocenters. The molecule has 0 bridgehead atoms. The van der Waals surface area contributed by atoms with Crippen LogP contribution in [0.4, 0.5) is 13.2 Å². The predicted octanol–water partition coefficient (Wildman–Crippen LogP) is 4.15. The van der Waals surface area contributed by atoms with Crippen LogP contribution in [-0.4, -0.2) is 11.5 Å². The van der Waals surface area contributed by atoms with E-state index < -0.39 is 11.2 Å². The molecule has 0 aliphatic rings. The van der Waals surface area contributed by atoms with Crippen molar-refractivity contribution in [1.29, 1.82) is 0 Å². The lowest BCUT2D eigenvalue weighted by molar-refractivity contribution is -0.137. The van der Waals surface area contributed by atoms with Gasteiger partial charge in [0.05, 0.1) is 12.3 Å². The van der Waals surface area contributed by atoms with Gasteiger partial charge in [-0.2, -0.15) is 13.2 Å². The number of rotatable bonds is 5. The van der Waals surface area contributed by atoms with E-state index in [2.05, 4.69) is 10.3 Å². The number of hydrogen-bond donors (Lipinski definition) is 1. The van der Waals surface area contributed by atoms with Gasteiger partial charge in [0.2, 0.25) is 0 Å². The van der Waals surface area contributed by atoms with E-state index in [0.717, 1.165) is 12.0 Å².